The van der Waals surface area contributed by atoms with Gasteiger partial charge in [0.1, 0.15) is 0 Å². The van der Waals surface area contributed by atoms with Gasteiger partial charge in [-0.2, -0.15) is 5.26 Å². The third-order valence-corrected chi connectivity index (χ3v) is 1.79. The van der Waals surface area contributed by atoms with Crippen molar-refractivity contribution in [2.75, 3.05) is 19.6 Å². The minimum Gasteiger partial charge on any atom is -0.392 e. The Balaban J connectivity index is 2.14. The molecule has 1 atom stereocenters. The van der Waals surface area contributed by atoms with Crippen LogP contribution in [0.2, 0.25) is 0 Å². The second kappa shape index (κ2) is 3.55. The number of likely N-dealkylation sites (tertiary alicyclic amines) is 1. The Labute approximate surface area is 60.9 Å². The molecule has 1 fully saturated rings. The lowest BCUT2D eigenvalue weighted by Gasteiger charge is -2.10. The molecule has 1 heterocycles. The molecule has 1 unspecified atom stereocenters. The van der Waals surface area contributed by atoms with E-state index in [0.717, 1.165) is 26.1 Å². The molecule has 0 aromatic rings. The minimum absolute atomic E-state index is 0.154. The Bertz CT molecular complexity index is 141. The van der Waals surface area contributed by atoms with Crippen molar-refractivity contribution < 1.29 is 5.11 Å². The van der Waals surface area contributed by atoms with Crippen LogP contribution in [-0.4, -0.2) is 35.7 Å². The van der Waals surface area contributed by atoms with E-state index in [0.29, 0.717) is 6.42 Å². The summed E-state index contributed by atoms with van der Waals surface area (Å²) >= 11 is 0. The highest BCUT2D eigenvalue weighted by Gasteiger charge is 2.18. The van der Waals surface area contributed by atoms with Crippen LogP contribution in [0.3, 0.4) is 0 Å². The smallest absolute Gasteiger partial charge is 0.0679 e. The molecule has 0 bridgehead atoms. The molecule has 0 aromatic carbocycles. The Morgan fingerprint density at radius 3 is 3.00 bits per heavy atom. The highest BCUT2D eigenvalue weighted by molar-refractivity contribution is 4.78. The predicted molar refractivity (Wildman–Crippen MR) is 37.3 cm³/mol. The fraction of sp³-hybridized carbons (Fsp3) is 0.857. The van der Waals surface area contributed by atoms with Gasteiger partial charge in [0.25, 0.3) is 0 Å². The van der Waals surface area contributed by atoms with E-state index in [1.807, 2.05) is 0 Å². The normalized spacial score (nSPS) is 26.6. The van der Waals surface area contributed by atoms with Crippen LogP contribution in [0.1, 0.15) is 12.8 Å². The van der Waals surface area contributed by atoms with Crippen molar-refractivity contribution in [1.29, 1.82) is 5.26 Å². The lowest BCUT2D eigenvalue weighted by Crippen LogP contribution is -2.22. The van der Waals surface area contributed by atoms with Gasteiger partial charge >= 0.3 is 0 Å². The molecule has 1 N–H and O–H groups in total. The molecule has 56 valence electrons. The zero-order chi connectivity index (χ0) is 7.40. The van der Waals surface area contributed by atoms with Gasteiger partial charge < -0.3 is 5.11 Å². The number of aliphatic hydroxyl groups excluding tert-OH is 1. The zero-order valence-corrected chi connectivity index (χ0v) is 5.95. The molecule has 0 saturated carbocycles. The summed E-state index contributed by atoms with van der Waals surface area (Å²) in [7, 11) is 0. The largest absolute Gasteiger partial charge is 0.392 e. The molecule has 0 spiro atoms. The molecule has 0 aliphatic carbocycles. The summed E-state index contributed by atoms with van der Waals surface area (Å²) in [5, 5.41) is 17.3. The lowest BCUT2D eigenvalue weighted by atomic mass is 10.3. The van der Waals surface area contributed by atoms with Gasteiger partial charge in [-0.05, 0) is 6.42 Å². The summed E-state index contributed by atoms with van der Waals surface area (Å²) in [6.07, 6.45) is 1.29. The van der Waals surface area contributed by atoms with Gasteiger partial charge in [-0.15, -0.1) is 0 Å². The van der Waals surface area contributed by atoms with Crippen LogP contribution in [0.15, 0.2) is 0 Å². The van der Waals surface area contributed by atoms with E-state index in [9.17, 15) is 0 Å². The van der Waals surface area contributed by atoms with E-state index in [2.05, 4.69) is 11.0 Å². The highest BCUT2D eigenvalue weighted by atomic mass is 16.3. The predicted octanol–water partition coefficient (Wildman–Crippen LogP) is -0.0333. The molecule has 3 nitrogen and oxygen atoms in total. The van der Waals surface area contributed by atoms with Crippen molar-refractivity contribution in [2.24, 2.45) is 0 Å². The molecule has 1 aliphatic heterocycles. The van der Waals surface area contributed by atoms with Gasteiger partial charge in [0.15, 0.2) is 0 Å². The maximum absolute atomic E-state index is 9.07. The number of nitriles is 1. The number of rotatable bonds is 2. The van der Waals surface area contributed by atoms with Crippen LogP contribution in [-0.2, 0) is 0 Å². The fourth-order valence-electron chi connectivity index (χ4n) is 1.22. The van der Waals surface area contributed by atoms with Crippen molar-refractivity contribution >= 4 is 0 Å². The van der Waals surface area contributed by atoms with Crippen molar-refractivity contribution in [3.8, 4) is 6.07 Å². The summed E-state index contributed by atoms with van der Waals surface area (Å²) in [4.78, 5) is 2.12. The molecule has 0 radical (unpaired) electrons. The number of β-amino-alcohol motifs (C(OH)–C–C–N with tert-alkyl or cyclic N) is 1. The van der Waals surface area contributed by atoms with E-state index >= 15 is 0 Å². The van der Waals surface area contributed by atoms with E-state index in [-0.39, 0.29) is 6.10 Å². The Hall–Kier alpha value is -0.590. The average Bonchev–Trinajstić information content (AvgIpc) is 2.31. The quantitative estimate of drug-likeness (QED) is 0.585. The van der Waals surface area contributed by atoms with Gasteiger partial charge in [0.2, 0.25) is 0 Å². The summed E-state index contributed by atoms with van der Waals surface area (Å²) in [6.45, 7) is 2.51. The average molecular weight is 140 g/mol. The topological polar surface area (TPSA) is 47.3 Å². The SMILES string of the molecule is N#CCCN1CCC(O)C1. The highest BCUT2D eigenvalue weighted by Crippen LogP contribution is 2.07. The van der Waals surface area contributed by atoms with Crippen LogP contribution in [0, 0.1) is 11.3 Å². The first-order chi connectivity index (χ1) is 4.83. The second-order valence-corrected chi connectivity index (χ2v) is 2.65. The minimum atomic E-state index is -0.154. The molecule has 0 amide bonds. The van der Waals surface area contributed by atoms with Crippen molar-refractivity contribution in [2.45, 2.75) is 18.9 Å². The molecular formula is C7H12N2O. The fourth-order valence-corrected chi connectivity index (χ4v) is 1.22. The van der Waals surface area contributed by atoms with Gasteiger partial charge in [-0.1, -0.05) is 0 Å². The summed E-state index contributed by atoms with van der Waals surface area (Å²) < 4.78 is 0. The molecule has 3 heteroatoms. The molecule has 10 heavy (non-hydrogen) atoms. The van der Waals surface area contributed by atoms with Crippen LogP contribution < -0.4 is 0 Å². The van der Waals surface area contributed by atoms with E-state index in [1.165, 1.54) is 0 Å². The van der Waals surface area contributed by atoms with Gasteiger partial charge in [0.05, 0.1) is 12.2 Å². The van der Waals surface area contributed by atoms with Crippen LogP contribution in [0.4, 0.5) is 0 Å². The first-order valence-electron chi connectivity index (χ1n) is 3.60. The van der Waals surface area contributed by atoms with Crippen LogP contribution >= 0.6 is 0 Å². The van der Waals surface area contributed by atoms with Gasteiger partial charge in [-0.3, -0.25) is 4.90 Å². The monoisotopic (exact) mass is 140 g/mol. The standard InChI is InChI=1S/C7H12N2O/c8-3-1-4-9-5-2-7(10)6-9/h7,10H,1-2,4-6H2. The lowest BCUT2D eigenvalue weighted by molar-refractivity contribution is 0.177. The first-order valence-corrected chi connectivity index (χ1v) is 3.60. The number of aliphatic hydroxyl groups is 1. The maximum atomic E-state index is 9.07. The van der Waals surface area contributed by atoms with Crippen LogP contribution in [0.25, 0.3) is 0 Å². The van der Waals surface area contributed by atoms with Crippen molar-refractivity contribution in [3.05, 3.63) is 0 Å². The third-order valence-electron chi connectivity index (χ3n) is 1.79. The zero-order valence-electron chi connectivity index (χ0n) is 5.95. The Kier molecular flexibility index (Phi) is 2.67. The number of hydrogen-bond acceptors (Lipinski definition) is 3. The molecule has 1 saturated heterocycles. The molecular weight excluding hydrogens is 128 g/mol. The summed E-state index contributed by atoms with van der Waals surface area (Å²) in [5.41, 5.74) is 0. The third kappa shape index (κ3) is 1.98. The van der Waals surface area contributed by atoms with Crippen LogP contribution in [0.5, 0.6) is 0 Å². The van der Waals surface area contributed by atoms with E-state index in [1.54, 1.807) is 0 Å². The molecule has 1 aliphatic rings. The Morgan fingerprint density at radius 1 is 1.70 bits per heavy atom. The first kappa shape index (κ1) is 7.52. The van der Waals surface area contributed by atoms with Crippen molar-refractivity contribution in [1.82, 2.24) is 4.90 Å². The van der Waals surface area contributed by atoms with Gasteiger partial charge in [-0.25, -0.2) is 0 Å². The second-order valence-electron chi connectivity index (χ2n) is 2.65. The summed E-state index contributed by atoms with van der Waals surface area (Å²) in [6, 6.07) is 2.09. The van der Waals surface area contributed by atoms with E-state index in [4.69, 9.17) is 10.4 Å². The Morgan fingerprint density at radius 2 is 2.50 bits per heavy atom. The number of nitrogens with zero attached hydrogens (tertiary/aromatic N) is 2. The van der Waals surface area contributed by atoms with Crippen molar-refractivity contribution in [3.63, 3.8) is 0 Å². The van der Waals surface area contributed by atoms with E-state index < -0.39 is 0 Å². The molecule has 0 aromatic heterocycles. The molecule has 1 rings (SSSR count). The number of hydrogen-bond donors (Lipinski definition) is 1. The maximum Gasteiger partial charge on any atom is 0.0679 e. The summed E-state index contributed by atoms with van der Waals surface area (Å²) in [5.74, 6) is 0. The van der Waals surface area contributed by atoms with Gasteiger partial charge in [0, 0.05) is 26.1 Å².